The van der Waals surface area contributed by atoms with Crippen LogP contribution in [0.3, 0.4) is 0 Å². The van der Waals surface area contributed by atoms with Crippen LogP contribution in [-0.2, 0) is 9.53 Å². The third-order valence-corrected chi connectivity index (χ3v) is 3.69. The molecule has 2 amide bonds. The molecule has 0 aliphatic heterocycles. The molecule has 1 aromatic rings. The zero-order valence-electron chi connectivity index (χ0n) is 14.2. The molecule has 0 saturated heterocycles. The molecule has 0 aromatic heterocycles. The Balaban J connectivity index is 2.48. The summed E-state index contributed by atoms with van der Waals surface area (Å²) in [4.78, 5) is 23.1. The third kappa shape index (κ3) is 6.18. The molecule has 0 saturated carbocycles. The maximum absolute atomic E-state index is 12.1. The summed E-state index contributed by atoms with van der Waals surface area (Å²) in [5.41, 5.74) is 7.23. The van der Waals surface area contributed by atoms with Gasteiger partial charge in [0.1, 0.15) is 25.0 Å². The number of benzene rings is 1. The summed E-state index contributed by atoms with van der Waals surface area (Å²) in [5.74, 6) is 0.215. The summed E-state index contributed by atoms with van der Waals surface area (Å²) in [6, 6.07) is 4.45. The zero-order valence-corrected chi connectivity index (χ0v) is 14.2. The molecule has 2 atom stereocenters. The second kappa shape index (κ2) is 9.02. The first-order valence-electron chi connectivity index (χ1n) is 7.77. The van der Waals surface area contributed by atoms with E-state index in [1.807, 2.05) is 45.9 Å². The van der Waals surface area contributed by atoms with Crippen molar-refractivity contribution in [3.8, 4) is 5.75 Å². The first-order valence-corrected chi connectivity index (χ1v) is 7.77. The second-order valence-electron chi connectivity index (χ2n) is 5.66. The standard InChI is InChI=1S/C17H26N2O4/c1-5-12(3)15(19-17(18)21)16(20)23-9-8-22-14-10-11(2)6-7-13(14)4/h6-7,10,12,15H,5,8-9H2,1-4H3,(H3,18,19,21)/t12-,15+/m0/s1. The molecule has 0 bridgehead atoms. The van der Waals surface area contributed by atoms with Gasteiger partial charge in [-0.3, -0.25) is 0 Å². The molecular formula is C17H26N2O4. The summed E-state index contributed by atoms with van der Waals surface area (Å²) in [7, 11) is 0. The number of nitrogens with two attached hydrogens (primary N) is 1. The number of esters is 1. The molecule has 3 N–H and O–H groups in total. The first kappa shape index (κ1) is 18.8. The Bertz CT molecular complexity index is 545. The predicted molar refractivity (Wildman–Crippen MR) is 88.3 cm³/mol. The van der Waals surface area contributed by atoms with E-state index in [4.69, 9.17) is 15.2 Å². The molecule has 0 fully saturated rings. The number of carbonyl (C=O) groups is 2. The summed E-state index contributed by atoms with van der Waals surface area (Å²) >= 11 is 0. The highest BCUT2D eigenvalue weighted by molar-refractivity contribution is 5.83. The van der Waals surface area contributed by atoms with Crippen LogP contribution in [-0.4, -0.2) is 31.3 Å². The minimum atomic E-state index is -0.738. The van der Waals surface area contributed by atoms with Crippen LogP contribution in [0.1, 0.15) is 31.4 Å². The molecule has 128 valence electrons. The smallest absolute Gasteiger partial charge is 0.329 e. The van der Waals surface area contributed by atoms with Crippen molar-refractivity contribution in [3.05, 3.63) is 29.3 Å². The SMILES string of the molecule is CC[C@H](C)[C@@H](NC(N)=O)C(=O)OCCOc1cc(C)ccc1C. The lowest BCUT2D eigenvalue weighted by Gasteiger charge is -2.21. The van der Waals surface area contributed by atoms with Gasteiger partial charge in [-0.05, 0) is 37.0 Å². The zero-order chi connectivity index (χ0) is 17.4. The van der Waals surface area contributed by atoms with Crippen LogP contribution in [0, 0.1) is 19.8 Å². The Labute approximate surface area is 137 Å². The second-order valence-corrected chi connectivity index (χ2v) is 5.66. The van der Waals surface area contributed by atoms with Crippen molar-refractivity contribution in [2.24, 2.45) is 11.7 Å². The number of aryl methyl sites for hydroxylation is 2. The van der Waals surface area contributed by atoms with Crippen molar-refractivity contribution in [3.63, 3.8) is 0 Å². The van der Waals surface area contributed by atoms with E-state index < -0.39 is 18.0 Å². The van der Waals surface area contributed by atoms with Crippen molar-refractivity contribution in [2.45, 2.75) is 40.2 Å². The number of rotatable bonds is 8. The monoisotopic (exact) mass is 322 g/mol. The van der Waals surface area contributed by atoms with Crippen LogP contribution in [0.25, 0.3) is 0 Å². The van der Waals surface area contributed by atoms with Crippen molar-refractivity contribution in [2.75, 3.05) is 13.2 Å². The summed E-state index contributed by atoms with van der Waals surface area (Å²) in [6.45, 7) is 8.08. The van der Waals surface area contributed by atoms with Gasteiger partial charge in [0.15, 0.2) is 0 Å². The van der Waals surface area contributed by atoms with Crippen molar-refractivity contribution in [1.82, 2.24) is 5.32 Å². The number of nitrogens with one attached hydrogen (secondary N) is 1. The van der Waals surface area contributed by atoms with Gasteiger partial charge in [0.05, 0.1) is 0 Å². The molecule has 0 heterocycles. The van der Waals surface area contributed by atoms with E-state index in [2.05, 4.69) is 5.32 Å². The van der Waals surface area contributed by atoms with Crippen LogP contribution in [0.15, 0.2) is 18.2 Å². The van der Waals surface area contributed by atoms with Gasteiger partial charge in [-0.2, -0.15) is 0 Å². The third-order valence-electron chi connectivity index (χ3n) is 3.69. The Morgan fingerprint density at radius 3 is 2.57 bits per heavy atom. The van der Waals surface area contributed by atoms with E-state index in [0.29, 0.717) is 0 Å². The number of amides is 2. The molecule has 23 heavy (non-hydrogen) atoms. The van der Waals surface area contributed by atoms with Crippen LogP contribution < -0.4 is 15.8 Å². The van der Waals surface area contributed by atoms with Crippen molar-refractivity contribution in [1.29, 1.82) is 0 Å². The molecule has 0 aliphatic carbocycles. The van der Waals surface area contributed by atoms with Crippen LogP contribution in [0.2, 0.25) is 0 Å². The lowest BCUT2D eigenvalue weighted by molar-refractivity contribution is -0.148. The van der Waals surface area contributed by atoms with Crippen LogP contribution in [0.5, 0.6) is 5.75 Å². The molecule has 1 rings (SSSR count). The van der Waals surface area contributed by atoms with Crippen molar-refractivity contribution < 1.29 is 19.1 Å². The number of ether oxygens (including phenoxy) is 2. The average molecular weight is 322 g/mol. The average Bonchev–Trinajstić information content (AvgIpc) is 2.51. The Morgan fingerprint density at radius 1 is 1.26 bits per heavy atom. The molecule has 0 radical (unpaired) electrons. The maximum Gasteiger partial charge on any atom is 0.329 e. The van der Waals surface area contributed by atoms with E-state index in [9.17, 15) is 9.59 Å². The maximum atomic E-state index is 12.1. The van der Waals surface area contributed by atoms with Gasteiger partial charge in [-0.25, -0.2) is 9.59 Å². The van der Waals surface area contributed by atoms with E-state index in [1.54, 1.807) is 0 Å². The molecule has 0 unspecified atom stereocenters. The van der Waals surface area contributed by atoms with E-state index >= 15 is 0 Å². The Hall–Kier alpha value is -2.24. The Kier molecular flexibility index (Phi) is 7.38. The Morgan fingerprint density at radius 2 is 1.96 bits per heavy atom. The number of primary amides is 1. The first-order chi connectivity index (χ1) is 10.8. The minimum absolute atomic E-state index is 0.0602. The molecule has 6 nitrogen and oxygen atoms in total. The van der Waals surface area contributed by atoms with Gasteiger partial charge in [-0.1, -0.05) is 32.4 Å². The minimum Gasteiger partial charge on any atom is -0.490 e. The fraction of sp³-hybridized carbons (Fsp3) is 0.529. The molecular weight excluding hydrogens is 296 g/mol. The number of urea groups is 1. The lowest BCUT2D eigenvalue weighted by Crippen LogP contribution is -2.48. The fourth-order valence-electron chi connectivity index (χ4n) is 2.07. The molecule has 1 aromatic carbocycles. The highest BCUT2D eigenvalue weighted by Gasteiger charge is 2.26. The largest absolute Gasteiger partial charge is 0.490 e. The lowest BCUT2D eigenvalue weighted by atomic mass is 9.99. The molecule has 0 aliphatic rings. The van der Waals surface area contributed by atoms with E-state index in [-0.39, 0.29) is 19.1 Å². The molecule has 0 spiro atoms. The predicted octanol–water partition coefficient (Wildman–Crippen LogP) is 2.31. The highest BCUT2D eigenvalue weighted by Crippen LogP contribution is 2.18. The van der Waals surface area contributed by atoms with Crippen LogP contribution >= 0.6 is 0 Å². The number of hydrogen-bond donors (Lipinski definition) is 2. The van der Waals surface area contributed by atoms with Gasteiger partial charge in [0, 0.05) is 0 Å². The van der Waals surface area contributed by atoms with Gasteiger partial charge >= 0.3 is 12.0 Å². The highest BCUT2D eigenvalue weighted by atomic mass is 16.6. The number of hydrogen-bond acceptors (Lipinski definition) is 4. The van der Waals surface area contributed by atoms with Gasteiger partial charge in [-0.15, -0.1) is 0 Å². The quantitative estimate of drug-likeness (QED) is 0.567. The summed E-state index contributed by atoms with van der Waals surface area (Å²) in [6.07, 6.45) is 0.721. The van der Waals surface area contributed by atoms with E-state index in [0.717, 1.165) is 23.3 Å². The summed E-state index contributed by atoms with van der Waals surface area (Å²) in [5, 5.41) is 2.43. The van der Waals surface area contributed by atoms with Crippen LogP contribution in [0.4, 0.5) is 4.79 Å². The van der Waals surface area contributed by atoms with Crippen molar-refractivity contribution >= 4 is 12.0 Å². The topological polar surface area (TPSA) is 90.7 Å². The fourth-order valence-corrected chi connectivity index (χ4v) is 2.07. The van der Waals surface area contributed by atoms with Gasteiger partial charge < -0.3 is 20.5 Å². The number of carbonyl (C=O) groups excluding carboxylic acids is 2. The van der Waals surface area contributed by atoms with E-state index in [1.165, 1.54) is 0 Å². The van der Waals surface area contributed by atoms with Gasteiger partial charge in [0.2, 0.25) is 0 Å². The summed E-state index contributed by atoms with van der Waals surface area (Å²) < 4.78 is 10.8. The van der Waals surface area contributed by atoms with Gasteiger partial charge in [0.25, 0.3) is 0 Å². The normalized spacial score (nSPS) is 13.0. The molecule has 6 heteroatoms.